The largest absolute Gasteiger partial charge is 0.497 e. The fourth-order valence-corrected chi connectivity index (χ4v) is 4.43. The summed E-state index contributed by atoms with van der Waals surface area (Å²) >= 11 is 0. The van der Waals surface area contributed by atoms with Crippen LogP contribution in [0, 0.1) is 6.92 Å². The second-order valence-corrected chi connectivity index (χ2v) is 9.48. The molecule has 0 atom stereocenters. The van der Waals surface area contributed by atoms with Crippen LogP contribution in [0.4, 0.5) is 0 Å². The van der Waals surface area contributed by atoms with Crippen molar-refractivity contribution in [2.45, 2.75) is 33.4 Å². The molecular weight excluding hydrogens is 472 g/mol. The van der Waals surface area contributed by atoms with Crippen LogP contribution < -0.4 is 4.74 Å². The van der Waals surface area contributed by atoms with E-state index < -0.39 is 16.2 Å². The summed E-state index contributed by atoms with van der Waals surface area (Å²) in [4.78, 5) is 17.0. The SMILES string of the molecule is COc1ccc(CN2C=C(C(=O)OCc3nc(Cc4ccc(C)cc4)no3)C(C)=NS2(=O)=O)cc1. The van der Waals surface area contributed by atoms with Crippen LogP contribution in [-0.2, 0) is 39.3 Å². The highest BCUT2D eigenvalue weighted by Gasteiger charge is 2.29. The van der Waals surface area contributed by atoms with Gasteiger partial charge >= 0.3 is 16.2 Å². The van der Waals surface area contributed by atoms with E-state index >= 15 is 0 Å². The number of aromatic nitrogens is 2. The van der Waals surface area contributed by atoms with Crippen LogP contribution in [-0.4, -0.2) is 41.7 Å². The quantitative estimate of drug-likeness (QED) is 0.436. The summed E-state index contributed by atoms with van der Waals surface area (Å²) in [5.74, 6) is 0.492. The lowest BCUT2D eigenvalue weighted by Gasteiger charge is -2.23. The highest BCUT2D eigenvalue weighted by atomic mass is 32.2. The summed E-state index contributed by atoms with van der Waals surface area (Å²) in [5.41, 5.74) is 2.93. The lowest BCUT2D eigenvalue weighted by molar-refractivity contribution is -0.140. The number of hydrogen-bond donors (Lipinski definition) is 0. The van der Waals surface area contributed by atoms with Crippen molar-refractivity contribution in [2.75, 3.05) is 7.11 Å². The monoisotopic (exact) mass is 496 g/mol. The first kappa shape index (κ1) is 24.1. The summed E-state index contributed by atoms with van der Waals surface area (Å²) in [6.45, 7) is 3.18. The maximum atomic E-state index is 12.7. The van der Waals surface area contributed by atoms with Gasteiger partial charge in [0.2, 0.25) is 0 Å². The molecule has 1 aliphatic heterocycles. The Kier molecular flexibility index (Phi) is 6.97. The summed E-state index contributed by atoms with van der Waals surface area (Å²) in [7, 11) is -2.44. The summed E-state index contributed by atoms with van der Waals surface area (Å²) in [6.07, 6.45) is 1.70. The van der Waals surface area contributed by atoms with Crippen LogP contribution in [0.15, 0.2) is 69.2 Å². The second-order valence-electron chi connectivity index (χ2n) is 7.93. The van der Waals surface area contributed by atoms with Crippen molar-refractivity contribution < 1.29 is 27.2 Å². The van der Waals surface area contributed by atoms with Crippen LogP contribution in [0.3, 0.4) is 0 Å². The molecule has 1 aromatic heterocycles. The maximum Gasteiger partial charge on any atom is 0.344 e. The average Bonchev–Trinajstić information content (AvgIpc) is 3.28. The number of carbonyl (C=O) groups excluding carboxylic acids is 1. The van der Waals surface area contributed by atoms with E-state index in [1.165, 1.54) is 13.1 Å². The van der Waals surface area contributed by atoms with Gasteiger partial charge in [0.1, 0.15) is 5.75 Å². The van der Waals surface area contributed by atoms with Gasteiger partial charge < -0.3 is 14.0 Å². The van der Waals surface area contributed by atoms with E-state index in [1.54, 1.807) is 31.4 Å². The molecule has 10 nitrogen and oxygen atoms in total. The number of ether oxygens (including phenoxy) is 2. The zero-order valence-corrected chi connectivity index (χ0v) is 20.3. The number of hydrogen-bond acceptors (Lipinski definition) is 8. The fraction of sp³-hybridized carbons (Fsp3) is 0.250. The standard InChI is InChI=1S/C24H24N4O6S/c1-16-4-6-18(7-5-16)12-22-25-23(34-26-22)15-33-24(29)21-14-28(35(30,31)27-17(21)2)13-19-8-10-20(32-3)11-9-19/h4-11,14H,12-13,15H2,1-3H3. The van der Waals surface area contributed by atoms with E-state index in [-0.39, 0.29) is 30.3 Å². The number of esters is 1. The number of methoxy groups -OCH3 is 1. The molecule has 2 heterocycles. The molecule has 0 unspecified atom stereocenters. The van der Waals surface area contributed by atoms with Crippen molar-refractivity contribution in [3.05, 3.63) is 88.7 Å². The molecule has 0 radical (unpaired) electrons. The Balaban J connectivity index is 1.41. The minimum atomic E-state index is -3.98. The van der Waals surface area contributed by atoms with Gasteiger partial charge in [-0.05, 0) is 37.1 Å². The minimum Gasteiger partial charge on any atom is -0.497 e. The highest BCUT2D eigenvalue weighted by molar-refractivity contribution is 7.88. The van der Waals surface area contributed by atoms with Gasteiger partial charge in [-0.15, -0.1) is 4.40 Å². The second kappa shape index (κ2) is 10.1. The van der Waals surface area contributed by atoms with E-state index in [2.05, 4.69) is 14.5 Å². The van der Waals surface area contributed by atoms with E-state index in [1.807, 2.05) is 31.2 Å². The van der Waals surface area contributed by atoms with E-state index in [0.717, 1.165) is 15.4 Å². The number of aryl methyl sites for hydroxylation is 1. The number of carbonyl (C=O) groups is 1. The molecule has 1 aliphatic rings. The van der Waals surface area contributed by atoms with Gasteiger partial charge in [-0.2, -0.15) is 13.4 Å². The summed E-state index contributed by atoms with van der Waals surface area (Å²) < 4.78 is 45.3. The molecule has 0 aliphatic carbocycles. The van der Waals surface area contributed by atoms with Crippen molar-refractivity contribution in [3.8, 4) is 5.75 Å². The van der Waals surface area contributed by atoms with Crippen molar-refractivity contribution in [2.24, 2.45) is 4.40 Å². The van der Waals surface area contributed by atoms with Crippen molar-refractivity contribution >= 4 is 21.9 Å². The predicted molar refractivity (Wildman–Crippen MR) is 127 cm³/mol. The van der Waals surface area contributed by atoms with E-state index in [9.17, 15) is 13.2 Å². The maximum absolute atomic E-state index is 12.7. The minimum absolute atomic E-state index is 0.00802. The molecule has 0 amide bonds. The van der Waals surface area contributed by atoms with Crippen molar-refractivity contribution in [3.63, 3.8) is 0 Å². The van der Waals surface area contributed by atoms with Gasteiger partial charge in [-0.25, -0.2) is 4.79 Å². The Morgan fingerprint density at radius 1 is 1.03 bits per heavy atom. The van der Waals surface area contributed by atoms with Gasteiger partial charge in [0.25, 0.3) is 5.89 Å². The highest BCUT2D eigenvalue weighted by Crippen LogP contribution is 2.22. The van der Waals surface area contributed by atoms with Crippen LogP contribution in [0.1, 0.15) is 35.3 Å². The van der Waals surface area contributed by atoms with Gasteiger partial charge in [-0.3, -0.25) is 4.31 Å². The molecular formula is C24H24N4O6S. The van der Waals surface area contributed by atoms with Crippen LogP contribution in [0.2, 0.25) is 0 Å². The Morgan fingerprint density at radius 3 is 2.40 bits per heavy atom. The van der Waals surface area contributed by atoms with Crippen LogP contribution in [0.5, 0.6) is 5.75 Å². The van der Waals surface area contributed by atoms with Gasteiger partial charge in [0.05, 0.1) is 24.9 Å². The first-order chi connectivity index (χ1) is 16.7. The molecule has 0 bridgehead atoms. The molecule has 11 heteroatoms. The Labute approximate surface area is 203 Å². The Morgan fingerprint density at radius 2 is 1.71 bits per heavy atom. The van der Waals surface area contributed by atoms with Crippen LogP contribution >= 0.6 is 0 Å². The van der Waals surface area contributed by atoms with Gasteiger partial charge in [0, 0.05) is 12.6 Å². The van der Waals surface area contributed by atoms with Gasteiger partial charge in [0.15, 0.2) is 12.4 Å². The molecule has 0 N–H and O–H groups in total. The third-order valence-electron chi connectivity index (χ3n) is 5.25. The molecule has 2 aromatic carbocycles. The van der Waals surface area contributed by atoms with Crippen LogP contribution in [0.25, 0.3) is 0 Å². The number of nitrogens with zero attached hydrogens (tertiary/aromatic N) is 4. The first-order valence-corrected chi connectivity index (χ1v) is 12.1. The number of rotatable bonds is 8. The van der Waals surface area contributed by atoms with E-state index in [0.29, 0.717) is 23.6 Å². The van der Waals surface area contributed by atoms with Crippen molar-refractivity contribution in [1.82, 2.24) is 14.4 Å². The lowest BCUT2D eigenvalue weighted by Crippen LogP contribution is -2.31. The summed E-state index contributed by atoms with van der Waals surface area (Å²) in [6, 6.07) is 14.9. The molecule has 0 fully saturated rings. The van der Waals surface area contributed by atoms with Gasteiger partial charge in [-0.1, -0.05) is 47.1 Å². The average molecular weight is 497 g/mol. The third kappa shape index (κ3) is 5.93. The smallest absolute Gasteiger partial charge is 0.344 e. The van der Waals surface area contributed by atoms with E-state index in [4.69, 9.17) is 14.0 Å². The number of benzene rings is 2. The normalized spacial score (nSPS) is 14.8. The molecule has 4 rings (SSSR count). The summed E-state index contributed by atoms with van der Waals surface area (Å²) in [5, 5.41) is 3.92. The molecule has 182 valence electrons. The zero-order valence-electron chi connectivity index (χ0n) is 19.5. The Hall–Kier alpha value is -3.99. The molecule has 0 saturated carbocycles. The Bertz CT molecular complexity index is 1380. The molecule has 0 spiro atoms. The molecule has 35 heavy (non-hydrogen) atoms. The third-order valence-corrected chi connectivity index (χ3v) is 6.58. The van der Waals surface area contributed by atoms with Crippen molar-refractivity contribution in [1.29, 1.82) is 0 Å². The predicted octanol–water partition coefficient (Wildman–Crippen LogP) is 3.13. The molecule has 3 aromatic rings. The molecule has 0 saturated heterocycles. The lowest BCUT2D eigenvalue weighted by atomic mass is 10.1. The zero-order chi connectivity index (χ0) is 25.0. The first-order valence-electron chi connectivity index (χ1n) is 10.7. The topological polar surface area (TPSA) is 124 Å². The fourth-order valence-electron chi connectivity index (χ4n) is 3.33.